The van der Waals surface area contributed by atoms with Crippen molar-refractivity contribution in [3.8, 4) is 11.1 Å². The average molecular weight is 611 g/mol. The van der Waals surface area contributed by atoms with Crippen molar-refractivity contribution in [1.29, 1.82) is 0 Å². The van der Waals surface area contributed by atoms with Crippen LogP contribution in [-0.2, 0) is 6.42 Å². The van der Waals surface area contributed by atoms with Crippen molar-refractivity contribution < 1.29 is 0 Å². The van der Waals surface area contributed by atoms with E-state index in [9.17, 15) is 0 Å². The van der Waals surface area contributed by atoms with E-state index in [-0.39, 0.29) is 0 Å². The van der Waals surface area contributed by atoms with Crippen LogP contribution in [0, 0.1) is 5.92 Å². The SMILES string of the molecule is C=CC1C(CCC)CC=CN1c1cccc(C/C=C\C(=C/N)c2c3ccccc3c(-c3ccc4ccccc4c3)c3ccccc23)c1. The van der Waals surface area contributed by atoms with Gasteiger partial charge in [-0.25, -0.2) is 0 Å². The molecular weight excluding hydrogens is 569 g/mol. The first-order valence-electron chi connectivity index (χ1n) is 16.9. The molecule has 0 bridgehead atoms. The second kappa shape index (κ2) is 13.6. The van der Waals surface area contributed by atoms with Gasteiger partial charge in [0, 0.05) is 18.1 Å². The Hall–Kier alpha value is -5.34. The number of fused-ring (bicyclic) bond motifs is 3. The highest BCUT2D eigenvalue weighted by Crippen LogP contribution is 2.42. The van der Waals surface area contributed by atoms with Crippen LogP contribution in [0.15, 0.2) is 159 Å². The lowest BCUT2D eigenvalue weighted by atomic mass is 9.85. The molecule has 0 fully saturated rings. The number of allylic oxidation sites excluding steroid dienone is 4. The normalized spacial score (nSPS) is 16.9. The van der Waals surface area contributed by atoms with E-state index in [0.717, 1.165) is 18.4 Å². The Morgan fingerprint density at radius 1 is 0.809 bits per heavy atom. The van der Waals surface area contributed by atoms with Gasteiger partial charge in [-0.2, -0.15) is 0 Å². The van der Waals surface area contributed by atoms with Gasteiger partial charge in [0.15, 0.2) is 0 Å². The molecule has 2 nitrogen and oxygen atoms in total. The molecular formula is C45H42N2. The van der Waals surface area contributed by atoms with Crippen LogP contribution in [0.5, 0.6) is 0 Å². The van der Waals surface area contributed by atoms with Crippen molar-refractivity contribution in [2.45, 2.75) is 38.6 Å². The molecule has 232 valence electrons. The molecule has 2 heteroatoms. The van der Waals surface area contributed by atoms with E-state index in [1.807, 2.05) is 0 Å². The topological polar surface area (TPSA) is 29.3 Å². The Balaban J connectivity index is 1.25. The van der Waals surface area contributed by atoms with Gasteiger partial charge in [-0.05, 0) is 104 Å². The van der Waals surface area contributed by atoms with Crippen LogP contribution in [-0.4, -0.2) is 6.04 Å². The fourth-order valence-corrected chi connectivity index (χ4v) is 7.52. The number of nitrogens with two attached hydrogens (primary N) is 1. The smallest absolute Gasteiger partial charge is 0.0544 e. The fraction of sp³-hybridized carbons (Fsp3) is 0.156. The molecule has 1 aliphatic rings. The number of hydrogen-bond acceptors (Lipinski definition) is 2. The van der Waals surface area contributed by atoms with Crippen LogP contribution < -0.4 is 10.6 Å². The van der Waals surface area contributed by atoms with Gasteiger partial charge in [0.2, 0.25) is 0 Å². The summed E-state index contributed by atoms with van der Waals surface area (Å²) in [6.45, 7) is 6.46. The summed E-state index contributed by atoms with van der Waals surface area (Å²) >= 11 is 0. The third-order valence-electron chi connectivity index (χ3n) is 9.71. The second-order valence-electron chi connectivity index (χ2n) is 12.6. The first kappa shape index (κ1) is 30.3. The van der Waals surface area contributed by atoms with Crippen molar-refractivity contribution in [3.63, 3.8) is 0 Å². The molecule has 0 saturated heterocycles. The van der Waals surface area contributed by atoms with Gasteiger partial charge in [0.1, 0.15) is 0 Å². The third-order valence-corrected chi connectivity index (χ3v) is 9.71. The molecule has 1 aliphatic heterocycles. The molecule has 0 spiro atoms. The monoisotopic (exact) mass is 610 g/mol. The maximum Gasteiger partial charge on any atom is 0.0544 e. The van der Waals surface area contributed by atoms with Crippen molar-refractivity contribution >= 4 is 43.6 Å². The maximum absolute atomic E-state index is 6.43. The summed E-state index contributed by atoms with van der Waals surface area (Å²) in [7, 11) is 0. The number of anilines is 1. The summed E-state index contributed by atoms with van der Waals surface area (Å²) in [5.74, 6) is 0.598. The van der Waals surface area contributed by atoms with Gasteiger partial charge < -0.3 is 10.6 Å². The van der Waals surface area contributed by atoms with E-state index in [4.69, 9.17) is 5.73 Å². The van der Waals surface area contributed by atoms with Crippen LogP contribution in [0.4, 0.5) is 5.69 Å². The molecule has 2 unspecified atom stereocenters. The summed E-state index contributed by atoms with van der Waals surface area (Å²) in [6.07, 6.45) is 17.2. The Kier molecular flexibility index (Phi) is 8.75. The Labute approximate surface area is 278 Å². The third kappa shape index (κ3) is 5.88. The Bertz CT molecular complexity index is 2110. The van der Waals surface area contributed by atoms with Crippen molar-refractivity contribution in [1.82, 2.24) is 0 Å². The van der Waals surface area contributed by atoms with Gasteiger partial charge in [0.25, 0.3) is 0 Å². The van der Waals surface area contributed by atoms with Crippen molar-refractivity contribution in [2.75, 3.05) is 4.90 Å². The molecule has 6 aromatic carbocycles. The summed E-state index contributed by atoms with van der Waals surface area (Å²) < 4.78 is 0. The van der Waals surface area contributed by atoms with Gasteiger partial charge >= 0.3 is 0 Å². The summed E-state index contributed by atoms with van der Waals surface area (Å²) in [5, 5.41) is 7.35. The molecule has 47 heavy (non-hydrogen) atoms. The molecule has 7 rings (SSSR count). The largest absolute Gasteiger partial charge is 0.404 e. The molecule has 2 N–H and O–H groups in total. The predicted octanol–water partition coefficient (Wildman–Crippen LogP) is 11.6. The van der Waals surface area contributed by atoms with Crippen molar-refractivity contribution in [3.05, 3.63) is 170 Å². The molecule has 2 atom stereocenters. The van der Waals surface area contributed by atoms with Crippen LogP contribution in [0.25, 0.3) is 49.0 Å². The van der Waals surface area contributed by atoms with Gasteiger partial charge in [-0.3, -0.25) is 0 Å². The van der Waals surface area contributed by atoms with Gasteiger partial charge in [-0.1, -0.05) is 135 Å². The van der Waals surface area contributed by atoms with E-state index in [2.05, 4.69) is 164 Å². The summed E-state index contributed by atoms with van der Waals surface area (Å²) in [5.41, 5.74) is 13.6. The van der Waals surface area contributed by atoms with Crippen molar-refractivity contribution in [2.24, 2.45) is 11.7 Å². The highest BCUT2D eigenvalue weighted by molar-refractivity contribution is 6.19. The summed E-state index contributed by atoms with van der Waals surface area (Å²) in [6, 6.07) is 42.1. The Morgan fingerprint density at radius 2 is 1.51 bits per heavy atom. The zero-order valence-corrected chi connectivity index (χ0v) is 27.1. The maximum atomic E-state index is 6.43. The van der Waals surface area contributed by atoms with E-state index in [1.54, 1.807) is 6.20 Å². The fourth-order valence-electron chi connectivity index (χ4n) is 7.52. The molecule has 1 heterocycles. The minimum Gasteiger partial charge on any atom is -0.404 e. The summed E-state index contributed by atoms with van der Waals surface area (Å²) in [4.78, 5) is 2.39. The zero-order valence-electron chi connectivity index (χ0n) is 27.1. The predicted molar refractivity (Wildman–Crippen MR) is 204 cm³/mol. The quantitative estimate of drug-likeness (QED) is 0.100. The van der Waals surface area contributed by atoms with Crippen LogP contribution in [0.1, 0.15) is 37.3 Å². The van der Waals surface area contributed by atoms with E-state index < -0.39 is 0 Å². The standard InChI is InChI=1S/C45H42N2/c1-3-14-34-20-13-28-47(43(34)4-2)38-21-12-16-32(29-38)15-11-19-37(31-46)45-41-24-9-7-22-39(41)44(40-23-8-10-25-42(40)45)36-27-26-33-17-5-6-18-35(33)30-36/h4-13,16-19,21-31,34,43H,2-3,14-15,20,46H2,1H3/b19-11-,37-31+. The highest BCUT2D eigenvalue weighted by atomic mass is 15.2. The van der Waals surface area contributed by atoms with Gasteiger partial charge in [0.05, 0.1) is 6.04 Å². The molecule has 0 saturated carbocycles. The lowest BCUT2D eigenvalue weighted by Crippen LogP contribution is -2.38. The molecule has 0 radical (unpaired) electrons. The minimum absolute atomic E-state index is 0.316. The van der Waals surface area contributed by atoms with Crippen LogP contribution >= 0.6 is 0 Å². The zero-order chi connectivity index (χ0) is 32.2. The molecule has 0 amide bonds. The molecule has 0 aliphatic carbocycles. The Morgan fingerprint density at radius 3 is 2.21 bits per heavy atom. The number of benzene rings is 6. The number of rotatable bonds is 9. The first-order chi connectivity index (χ1) is 23.2. The van der Waals surface area contributed by atoms with Crippen LogP contribution in [0.3, 0.4) is 0 Å². The molecule has 6 aromatic rings. The van der Waals surface area contributed by atoms with Crippen LogP contribution in [0.2, 0.25) is 0 Å². The first-order valence-corrected chi connectivity index (χ1v) is 16.9. The van der Waals surface area contributed by atoms with E-state index in [0.29, 0.717) is 12.0 Å². The minimum atomic E-state index is 0.316. The lowest BCUT2D eigenvalue weighted by Gasteiger charge is -2.37. The number of hydrogen-bond donors (Lipinski definition) is 1. The molecule has 0 aromatic heterocycles. The average Bonchev–Trinajstić information content (AvgIpc) is 3.12. The van der Waals surface area contributed by atoms with E-state index >= 15 is 0 Å². The second-order valence-corrected chi connectivity index (χ2v) is 12.6. The number of nitrogens with zero attached hydrogens (tertiary/aromatic N) is 1. The van der Waals surface area contributed by atoms with Gasteiger partial charge in [-0.15, -0.1) is 6.58 Å². The lowest BCUT2D eigenvalue weighted by molar-refractivity contribution is 0.420. The highest BCUT2D eigenvalue weighted by Gasteiger charge is 2.26. The van der Waals surface area contributed by atoms with E-state index in [1.165, 1.54) is 73.1 Å².